The summed E-state index contributed by atoms with van der Waals surface area (Å²) in [6.45, 7) is 0.281. The number of nitrogens with one attached hydrogen (secondary N) is 1. The topological polar surface area (TPSA) is 41.6 Å². The number of urea groups is 1. The van der Waals surface area contributed by atoms with Crippen LogP contribution in [0, 0.1) is 11.6 Å². The van der Waals surface area contributed by atoms with Crippen LogP contribution in [0.1, 0.15) is 0 Å². The Bertz CT molecular complexity index is 635. The summed E-state index contributed by atoms with van der Waals surface area (Å²) in [7, 11) is 1.64. The summed E-state index contributed by atoms with van der Waals surface area (Å²) in [5.41, 5.74) is 0.755. The van der Waals surface area contributed by atoms with Crippen LogP contribution in [0.4, 0.5) is 19.3 Å². The molecule has 2 aromatic rings. The molecule has 0 aliphatic rings. The van der Waals surface area contributed by atoms with Crippen LogP contribution >= 0.6 is 0 Å². The van der Waals surface area contributed by atoms with E-state index in [2.05, 4.69) is 5.32 Å². The molecule has 0 aromatic heterocycles. The lowest BCUT2D eigenvalue weighted by molar-refractivity contribution is 0.242. The van der Waals surface area contributed by atoms with Crippen molar-refractivity contribution in [3.8, 4) is 5.75 Å². The molecule has 22 heavy (non-hydrogen) atoms. The molecule has 2 amide bonds. The monoisotopic (exact) mass is 306 g/mol. The number of rotatable bonds is 5. The van der Waals surface area contributed by atoms with Gasteiger partial charge in [0.1, 0.15) is 12.4 Å². The van der Waals surface area contributed by atoms with Crippen molar-refractivity contribution < 1.29 is 18.3 Å². The third-order valence-corrected chi connectivity index (χ3v) is 2.98. The second-order valence-electron chi connectivity index (χ2n) is 4.55. The Labute approximate surface area is 127 Å². The van der Waals surface area contributed by atoms with Gasteiger partial charge in [-0.3, -0.25) is 4.90 Å². The van der Waals surface area contributed by atoms with Crippen molar-refractivity contribution in [1.82, 2.24) is 5.32 Å². The van der Waals surface area contributed by atoms with E-state index in [4.69, 9.17) is 4.74 Å². The van der Waals surface area contributed by atoms with Crippen LogP contribution in [-0.4, -0.2) is 26.2 Å². The number of carbonyl (C=O) groups is 1. The third-order valence-electron chi connectivity index (χ3n) is 2.98. The standard InChI is InChI=1S/C16H16F2N2O2/c1-20(13-5-3-2-4-6-13)16(21)19-9-10-22-15-8-7-12(17)11-14(15)18/h2-8,11H,9-10H2,1H3,(H,19,21). The van der Waals surface area contributed by atoms with E-state index < -0.39 is 11.6 Å². The zero-order valence-corrected chi connectivity index (χ0v) is 12.1. The minimum atomic E-state index is -0.771. The minimum absolute atomic E-state index is 0.0490. The number of para-hydroxylation sites is 1. The summed E-state index contributed by atoms with van der Waals surface area (Å²) >= 11 is 0. The van der Waals surface area contributed by atoms with E-state index in [1.54, 1.807) is 7.05 Å². The van der Waals surface area contributed by atoms with Crippen LogP contribution in [0.15, 0.2) is 48.5 Å². The molecule has 0 saturated carbocycles. The second-order valence-corrected chi connectivity index (χ2v) is 4.55. The molecule has 0 aliphatic carbocycles. The summed E-state index contributed by atoms with van der Waals surface area (Å²) in [6.07, 6.45) is 0. The molecule has 6 heteroatoms. The Morgan fingerprint density at radius 3 is 2.59 bits per heavy atom. The van der Waals surface area contributed by atoms with Crippen LogP contribution in [0.2, 0.25) is 0 Å². The molecule has 0 aliphatic heterocycles. The number of benzene rings is 2. The van der Waals surface area contributed by atoms with Gasteiger partial charge in [0.25, 0.3) is 0 Å². The van der Waals surface area contributed by atoms with E-state index in [0.717, 1.165) is 17.8 Å². The maximum atomic E-state index is 13.3. The van der Waals surface area contributed by atoms with E-state index in [1.807, 2.05) is 30.3 Å². The number of halogens is 2. The smallest absolute Gasteiger partial charge is 0.321 e. The molecular weight excluding hydrogens is 290 g/mol. The zero-order chi connectivity index (χ0) is 15.9. The number of hydrogen-bond donors (Lipinski definition) is 1. The average molecular weight is 306 g/mol. The highest BCUT2D eigenvalue weighted by Crippen LogP contribution is 2.17. The molecule has 0 fully saturated rings. The van der Waals surface area contributed by atoms with Crippen LogP contribution in [0.3, 0.4) is 0 Å². The predicted molar refractivity (Wildman–Crippen MR) is 80.1 cm³/mol. The van der Waals surface area contributed by atoms with E-state index in [1.165, 1.54) is 11.0 Å². The first-order valence-corrected chi connectivity index (χ1v) is 6.72. The number of nitrogens with zero attached hydrogens (tertiary/aromatic N) is 1. The fourth-order valence-electron chi connectivity index (χ4n) is 1.80. The van der Waals surface area contributed by atoms with Gasteiger partial charge in [-0.05, 0) is 24.3 Å². The van der Waals surface area contributed by atoms with Gasteiger partial charge >= 0.3 is 6.03 Å². The zero-order valence-electron chi connectivity index (χ0n) is 12.1. The Balaban J connectivity index is 1.77. The van der Waals surface area contributed by atoms with E-state index in [0.29, 0.717) is 0 Å². The van der Waals surface area contributed by atoms with Gasteiger partial charge in [-0.25, -0.2) is 13.6 Å². The lowest BCUT2D eigenvalue weighted by Gasteiger charge is -2.18. The molecule has 116 valence electrons. The molecule has 2 aromatic carbocycles. The number of carbonyl (C=O) groups excluding carboxylic acids is 1. The van der Waals surface area contributed by atoms with Crippen molar-refractivity contribution >= 4 is 11.7 Å². The first kappa shape index (κ1) is 15.8. The SMILES string of the molecule is CN(C(=O)NCCOc1ccc(F)cc1F)c1ccccc1. The van der Waals surface area contributed by atoms with Crippen molar-refractivity contribution in [2.75, 3.05) is 25.1 Å². The highest BCUT2D eigenvalue weighted by Gasteiger charge is 2.10. The molecule has 0 bridgehead atoms. The third kappa shape index (κ3) is 4.18. The first-order chi connectivity index (χ1) is 10.6. The predicted octanol–water partition coefficient (Wildman–Crippen LogP) is 3.19. The molecule has 0 saturated heterocycles. The fourth-order valence-corrected chi connectivity index (χ4v) is 1.80. The Morgan fingerprint density at radius 1 is 1.18 bits per heavy atom. The highest BCUT2D eigenvalue weighted by atomic mass is 19.1. The van der Waals surface area contributed by atoms with Gasteiger partial charge in [0, 0.05) is 18.8 Å². The van der Waals surface area contributed by atoms with E-state index >= 15 is 0 Å². The Hall–Kier alpha value is -2.63. The van der Waals surface area contributed by atoms with Crippen molar-refractivity contribution in [2.45, 2.75) is 0 Å². The summed E-state index contributed by atoms with van der Waals surface area (Å²) in [5, 5.41) is 2.65. The molecule has 4 nitrogen and oxygen atoms in total. The van der Waals surface area contributed by atoms with Crippen LogP contribution in [-0.2, 0) is 0 Å². The maximum absolute atomic E-state index is 13.3. The summed E-state index contributed by atoms with van der Waals surface area (Å²) in [6, 6.07) is 11.9. The molecule has 0 unspecified atom stereocenters. The van der Waals surface area contributed by atoms with Gasteiger partial charge in [-0.1, -0.05) is 18.2 Å². The molecule has 2 rings (SSSR count). The summed E-state index contributed by atoms with van der Waals surface area (Å²) in [4.78, 5) is 13.4. The van der Waals surface area contributed by atoms with Crippen molar-refractivity contribution in [2.24, 2.45) is 0 Å². The molecule has 0 atom stereocenters. The van der Waals surface area contributed by atoms with Gasteiger partial charge in [-0.15, -0.1) is 0 Å². The number of amides is 2. The quantitative estimate of drug-likeness (QED) is 0.862. The van der Waals surface area contributed by atoms with Crippen molar-refractivity contribution in [3.63, 3.8) is 0 Å². The van der Waals surface area contributed by atoms with Gasteiger partial charge in [0.05, 0.1) is 6.54 Å². The van der Waals surface area contributed by atoms with Crippen LogP contribution < -0.4 is 15.0 Å². The highest BCUT2D eigenvalue weighted by molar-refractivity contribution is 5.91. The average Bonchev–Trinajstić information content (AvgIpc) is 2.53. The summed E-state index contributed by atoms with van der Waals surface area (Å²) in [5.74, 6) is -1.48. The lowest BCUT2D eigenvalue weighted by atomic mass is 10.3. The van der Waals surface area contributed by atoms with Crippen LogP contribution in [0.5, 0.6) is 5.75 Å². The fraction of sp³-hybridized carbons (Fsp3) is 0.188. The molecule has 0 radical (unpaired) electrons. The Kier molecular flexibility index (Phi) is 5.30. The largest absolute Gasteiger partial charge is 0.489 e. The Morgan fingerprint density at radius 2 is 1.91 bits per heavy atom. The van der Waals surface area contributed by atoms with Crippen LogP contribution in [0.25, 0.3) is 0 Å². The number of anilines is 1. The van der Waals surface area contributed by atoms with Gasteiger partial charge in [0.2, 0.25) is 0 Å². The number of ether oxygens (including phenoxy) is 1. The van der Waals surface area contributed by atoms with Gasteiger partial charge < -0.3 is 10.1 Å². The first-order valence-electron chi connectivity index (χ1n) is 6.72. The second kappa shape index (κ2) is 7.40. The molecule has 1 N–H and O–H groups in total. The van der Waals surface area contributed by atoms with Gasteiger partial charge in [-0.2, -0.15) is 0 Å². The lowest BCUT2D eigenvalue weighted by Crippen LogP contribution is -2.39. The molecule has 0 spiro atoms. The van der Waals surface area contributed by atoms with Crippen molar-refractivity contribution in [1.29, 1.82) is 0 Å². The van der Waals surface area contributed by atoms with Gasteiger partial charge in [0.15, 0.2) is 11.6 Å². The normalized spacial score (nSPS) is 10.1. The molecule has 0 heterocycles. The minimum Gasteiger partial charge on any atom is -0.489 e. The summed E-state index contributed by atoms with van der Waals surface area (Å²) < 4.78 is 31.2. The van der Waals surface area contributed by atoms with Crippen molar-refractivity contribution in [3.05, 3.63) is 60.2 Å². The van der Waals surface area contributed by atoms with E-state index in [-0.39, 0.29) is 24.9 Å². The molecular formula is C16H16F2N2O2. The number of hydrogen-bond acceptors (Lipinski definition) is 2. The van der Waals surface area contributed by atoms with E-state index in [9.17, 15) is 13.6 Å². The maximum Gasteiger partial charge on any atom is 0.321 e.